The van der Waals surface area contributed by atoms with E-state index in [-0.39, 0.29) is 17.6 Å². The van der Waals surface area contributed by atoms with Crippen LogP contribution in [0.2, 0.25) is 0 Å². The summed E-state index contributed by atoms with van der Waals surface area (Å²) in [5.41, 5.74) is 5.09. The first-order valence-electron chi connectivity index (χ1n) is 10.3. The maximum absolute atomic E-state index is 11.8. The number of hydrogen-bond acceptors (Lipinski definition) is 7. The number of amides is 1. The standard InChI is InChI=1S/C20H33N5O3/c1-20(27)10-4-3-5-14(11-20)23-18-16(17(21)26)12-22-19(25-18)24-13-6-8-15(28-2)9-7-13/h12-15,27H,3-11H2,1-2H3,(H2,21,26)(H2,22,23,24,25)/t13-,14-,15-,20-/m0/s1. The lowest BCUT2D eigenvalue weighted by atomic mass is 9.93. The lowest BCUT2D eigenvalue weighted by Crippen LogP contribution is -2.33. The fraction of sp³-hybridized carbons (Fsp3) is 0.750. The number of ether oxygens (including phenoxy) is 1. The number of aromatic nitrogens is 2. The highest BCUT2D eigenvalue weighted by molar-refractivity contribution is 5.97. The summed E-state index contributed by atoms with van der Waals surface area (Å²) in [6.45, 7) is 1.87. The lowest BCUT2D eigenvalue weighted by Gasteiger charge is -2.29. The van der Waals surface area contributed by atoms with Crippen LogP contribution in [0.1, 0.15) is 75.1 Å². The minimum absolute atomic E-state index is 0.0375. The number of nitrogens with zero attached hydrogens (tertiary/aromatic N) is 2. The molecule has 0 aliphatic heterocycles. The van der Waals surface area contributed by atoms with Crippen LogP contribution in [0.5, 0.6) is 0 Å². The molecule has 2 fully saturated rings. The van der Waals surface area contributed by atoms with Crippen LogP contribution in [0, 0.1) is 0 Å². The molecular formula is C20H33N5O3. The van der Waals surface area contributed by atoms with Gasteiger partial charge in [-0.2, -0.15) is 4.98 Å². The van der Waals surface area contributed by atoms with E-state index >= 15 is 0 Å². The smallest absolute Gasteiger partial charge is 0.254 e. The molecule has 0 aromatic carbocycles. The Balaban J connectivity index is 1.71. The number of carbonyl (C=O) groups is 1. The van der Waals surface area contributed by atoms with Gasteiger partial charge in [-0.3, -0.25) is 4.79 Å². The van der Waals surface area contributed by atoms with Crippen molar-refractivity contribution in [2.24, 2.45) is 5.73 Å². The van der Waals surface area contributed by atoms with E-state index in [1.165, 1.54) is 6.20 Å². The highest BCUT2D eigenvalue weighted by Gasteiger charge is 2.29. The Hall–Kier alpha value is -1.93. The number of hydrogen-bond donors (Lipinski definition) is 4. The van der Waals surface area contributed by atoms with Crippen LogP contribution in [0.15, 0.2) is 6.20 Å². The van der Waals surface area contributed by atoms with E-state index in [1.807, 2.05) is 6.92 Å². The molecule has 0 unspecified atom stereocenters. The molecular weight excluding hydrogens is 358 g/mol. The van der Waals surface area contributed by atoms with Crippen molar-refractivity contribution in [3.63, 3.8) is 0 Å². The molecule has 0 saturated heterocycles. The number of anilines is 2. The fourth-order valence-electron chi connectivity index (χ4n) is 4.32. The van der Waals surface area contributed by atoms with E-state index in [1.54, 1.807) is 7.11 Å². The Labute approximate surface area is 166 Å². The van der Waals surface area contributed by atoms with E-state index in [0.29, 0.717) is 24.3 Å². The molecule has 2 aliphatic rings. The van der Waals surface area contributed by atoms with Crippen LogP contribution in [0.3, 0.4) is 0 Å². The highest BCUT2D eigenvalue weighted by Crippen LogP contribution is 2.29. The van der Waals surface area contributed by atoms with Gasteiger partial charge >= 0.3 is 0 Å². The summed E-state index contributed by atoms with van der Waals surface area (Å²) in [6, 6.07) is 0.327. The van der Waals surface area contributed by atoms with Crippen molar-refractivity contribution < 1.29 is 14.6 Å². The van der Waals surface area contributed by atoms with Crippen molar-refractivity contribution in [2.75, 3.05) is 17.7 Å². The van der Waals surface area contributed by atoms with Gasteiger partial charge in [-0.05, 0) is 51.9 Å². The first-order chi connectivity index (χ1) is 13.4. The number of aliphatic hydroxyl groups is 1. The first kappa shape index (κ1) is 20.8. The lowest BCUT2D eigenvalue weighted by molar-refractivity contribution is 0.0420. The number of rotatable bonds is 6. The van der Waals surface area contributed by atoms with Gasteiger partial charge in [0.2, 0.25) is 5.95 Å². The van der Waals surface area contributed by atoms with E-state index in [2.05, 4.69) is 20.6 Å². The molecule has 28 heavy (non-hydrogen) atoms. The molecule has 2 aliphatic carbocycles. The summed E-state index contributed by atoms with van der Waals surface area (Å²) in [7, 11) is 1.76. The van der Waals surface area contributed by atoms with Crippen LogP contribution in [0.4, 0.5) is 11.8 Å². The molecule has 8 nitrogen and oxygen atoms in total. The van der Waals surface area contributed by atoms with Crippen molar-refractivity contribution in [1.29, 1.82) is 0 Å². The van der Waals surface area contributed by atoms with E-state index in [0.717, 1.165) is 51.4 Å². The second-order valence-electron chi connectivity index (χ2n) is 8.46. The summed E-state index contributed by atoms with van der Waals surface area (Å²) in [5.74, 6) is 0.377. The van der Waals surface area contributed by atoms with Gasteiger partial charge in [-0.25, -0.2) is 4.98 Å². The minimum atomic E-state index is -0.713. The maximum Gasteiger partial charge on any atom is 0.254 e. The van der Waals surface area contributed by atoms with Gasteiger partial charge in [0.15, 0.2) is 0 Å². The quantitative estimate of drug-likeness (QED) is 0.549. The summed E-state index contributed by atoms with van der Waals surface area (Å²) >= 11 is 0. The van der Waals surface area contributed by atoms with Gasteiger partial charge in [-0.15, -0.1) is 0 Å². The molecule has 5 N–H and O–H groups in total. The zero-order valence-corrected chi connectivity index (χ0v) is 16.9. The largest absolute Gasteiger partial charge is 0.390 e. The van der Waals surface area contributed by atoms with Crippen molar-refractivity contribution in [2.45, 2.75) is 88.5 Å². The molecule has 1 aromatic rings. The predicted molar refractivity (Wildman–Crippen MR) is 108 cm³/mol. The molecule has 8 heteroatoms. The topological polar surface area (TPSA) is 122 Å². The third-order valence-corrected chi connectivity index (χ3v) is 5.94. The summed E-state index contributed by atoms with van der Waals surface area (Å²) in [6.07, 6.45) is 10.2. The monoisotopic (exact) mass is 391 g/mol. The Morgan fingerprint density at radius 1 is 1.21 bits per heavy atom. The van der Waals surface area contributed by atoms with Crippen LogP contribution in [-0.4, -0.2) is 51.9 Å². The van der Waals surface area contributed by atoms with E-state index in [4.69, 9.17) is 10.5 Å². The molecule has 1 heterocycles. The molecule has 1 aromatic heterocycles. The second kappa shape index (κ2) is 9.05. The van der Waals surface area contributed by atoms with Gasteiger partial charge in [0.05, 0.1) is 17.3 Å². The fourth-order valence-corrected chi connectivity index (χ4v) is 4.32. The molecule has 0 spiro atoms. The Morgan fingerprint density at radius 3 is 2.64 bits per heavy atom. The highest BCUT2D eigenvalue weighted by atomic mass is 16.5. The summed E-state index contributed by atoms with van der Waals surface area (Å²) < 4.78 is 5.42. The van der Waals surface area contributed by atoms with Crippen LogP contribution in [-0.2, 0) is 4.74 Å². The van der Waals surface area contributed by atoms with Gasteiger partial charge in [0.1, 0.15) is 5.82 Å². The molecule has 0 bridgehead atoms. The van der Waals surface area contributed by atoms with Crippen LogP contribution >= 0.6 is 0 Å². The average molecular weight is 392 g/mol. The summed E-state index contributed by atoms with van der Waals surface area (Å²) in [5, 5.41) is 17.2. The number of carbonyl (C=O) groups excluding carboxylic acids is 1. The van der Waals surface area contributed by atoms with Gasteiger partial charge < -0.3 is 26.2 Å². The molecule has 3 rings (SSSR count). The Bertz CT molecular complexity index is 674. The Morgan fingerprint density at radius 2 is 1.96 bits per heavy atom. The first-order valence-corrected chi connectivity index (χ1v) is 10.3. The third-order valence-electron chi connectivity index (χ3n) is 5.94. The minimum Gasteiger partial charge on any atom is -0.390 e. The van der Waals surface area contributed by atoms with Crippen LogP contribution in [0.25, 0.3) is 0 Å². The van der Waals surface area contributed by atoms with Crippen molar-refractivity contribution >= 4 is 17.7 Å². The van der Waals surface area contributed by atoms with Gasteiger partial charge in [0, 0.05) is 25.4 Å². The van der Waals surface area contributed by atoms with Crippen molar-refractivity contribution in [3.05, 3.63) is 11.8 Å². The number of nitrogens with two attached hydrogens (primary N) is 1. The third kappa shape index (κ3) is 5.54. The molecule has 2 saturated carbocycles. The number of nitrogens with one attached hydrogen (secondary N) is 2. The number of primary amides is 1. The predicted octanol–water partition coefficient (Wildman–Crippen LogP) is 2.44. The van der Waals surface area contributed by atoms with Gasteiger partial charge in [0.25, 0.3) is 5.91 Å². The normalized spacial score (nSPS) is 31.0. The molecule has 2 atom stereocenters. The molecule has 156 valence electrons. The SMILES string of the molecule is CO[C@H]1CC[C@H](Nc2ncc(C(N)=O)c(N[C@H]3CCCC[C@](C)(O)C3)n2)CC1. The average Bonchev–Trinajstić information content (AvgIpc) is 2.82. The zero-order chi connectivity index (χ0) is 20.1. The van der Waals surface area contributed by atoms with Gasteiger partial charge in [-0.1, -0.05) is 12.8 Å². The van der Waals surface area contributed by atoms with Crippen molar-refractivity contribution in [3.8, 4) is 0 Å². The Kier molecular flexibility index (Phi) is 6.72. The zero-order valence-electron chi connectivity index (χ0n) is 16.9. The maximum atomic E-state index is 11.8. The summed E-state index contributed by atoms with van der Waals surface area (Å²) in [4.78, 5) is 20.7. The van der Waals surface area contributed by atoms with Crippen LogP contribution < -0.4 is 16.4 Å². The number of methoxy groups -OCH3 is 1. The second-order valence-corrected chi connectivity index (χ2v) is 8.46. The molecule has 1 amide bonds. The van der Waals surface area contributed by atoms with E-state index in [9.17, 15) is 9.90 Å². The molecule has 0 radical (unpaired) electrons. The van der Waals surface area contributed by atoms with E-state index < -0.39 is 11.5 Å². The van der Waals surface area contributed by atoms with Crippen molar-refractivity contribution in [1.82, 2.24) is 9.97 Å².